The molecule has 0 rings (SSSR count). The van der Waals surface area contributed by atoms with E-state index in [4.69, 9.17) is 11.4 Å². The van der Waals surface area contributed by atoms with E-state index in [9.17, 15) is 10.2 Å². The first-order chi connectivity index (χ1) is 9.38. The molecule has 0 amide bonds. The summed E-state index contributed by atoms with van der Waals surface area (Å²) in [5.41, 5.74) is 0. The molecular formula is C15H35AlMgO5. The van der Waals surface area contributed by atoms with E-state index in [1.807, 2.05) is 41.5 Å². The summed E-state index contributed by atoms with van der Waals surface area (Å²) < 4.78 is 16.7. The average Bonchev–Trinajstić information content (AvgIpc) is 2.10. The molecule has 0 aliphatic carbocycles. The van der Waals surface area contributed by atoms with Crippen LogP contribution in [0.3, 0.4) is 0 Å². The first kappa shape index (κ1) is 30.9. The summed E-state index contributed by atoms with van der Waals surface area (Å²) in [6.45, 7) is 18.4. The Bertz CT molecular complexity index is 167. The van der Waals surface area contributed by atoms with Gasteiger partial charge in [-0.2, -0.15) is 0 Å². The van der Waals surface area contributed by atoms with Gasteiger partial charge in [-0.3, -0.25) is 0 Å². The minimum Gasteiger partial charge on any atom is -0.852 e. The SMILES string of the molecule is CC(C)[O-].CC(C)[O-].CC(C)[O][Al]([O]C(C)C)[O]C(C)C.[Mg+2]. The zero-order valence-corrected chi connectivity index (χ0v) is 18.8. The van der Waals surface area contributed by atoms with Gasteiger partial charge in [0.25, 0.3) is 0 Å². The van der Waals surface area contributed by atoms with E-state index < -0.39 is 27.4 Å². The predicted octanol–water partition coefficient (Wildman–Crippen LogP) is 1.38. The van der Waals surface area contributed by atoms with Crippen LogP contribution in [0.5, 0.6) is 0 Å². The van der Waals surface area contributed by atoms with Crippen LogP contribution >= 0.6 is 0 Å². The van der Waals surface area contributed by atoms with Gasteiger partial charge in [-0.1, -0.05) is 27.7 Å². The molecule has 22 heavy (non-hydrogen) atoms. The summed E-state index contributed by atoms with van der Waals surface area (Å²) in [5, 5.41) is 19.1. The molecule has 130 valence electrons. The summed E-state index contributed by atoms with van der Waals surface area (Å²) in [6.07, 6.45) is -0.308. The van der Waals surface area contributed by atoms with Gasteiger partial charge in [0.15, 0.2) is 0 Å². The standard InChI is InChI=1S/5C3H7O.Al.Mg/c5*1-3(2)4;;/h5*3H,1-2H3;;/q5*-1;+3;+2. The van der Waals surface area contributed by atoms with E-state index in [0.717, 1.165) is 0 Å². The number of rotatable bonds is 6. The third-order valence-corrected chi connectivity index (χ3v) is 3.45. The van der Waals surface area contributed by atoms with Gasteiger partial charge in [0, 0.05) is 18.3 Å². The Labute approximate surface area is 159 Å². The molecule has 0 aromatic heterocycles. The summed E-state index contributed by atoms with van der Waals surface area (Å²) in [6, 6.07) is 0. The molecule has 0 spiro atoms. The Morgan fingerprint density at radius 2 is 0.682 bits per heavy atom. The normalized spacial score (nSPS) is 10.2. The fourth-order valence-corrected chi connectivity index (χ4v) is 2.29. The first-order valence-corrected chi connectivity index (χ1v) is 9.07. The minimum absolute atomic E-state index is 0. The van der Waals surface area contributed by atoms with Crippen molar-refractivity contribution in [2.45, 2.75) is 99.8 Å². The van der Waals surface area contributed by atoms with E-state index in [1.165, 1.54) is 0 Å². The van der Waals surface area contributed by atoms with Gasteiger partial charge < -0.3 is 21.6 Å². The van der Waals surface area contributed by atoms with Crippen LogP contribution in [-0.4, -0.2) is 68.7 Å². The second-order valence-electron chi connectivity index (χ2n) is 5.94. The van der Waals surface area contributed by atoms with Crippen molar-refractivity contribution in [3.8, 4) is 0 Å². The topological polar surface area (TPSA) is 73.8 Å². The van der Waals surface area contributed by atoms with Crippen molar-refractivity contribution < 1.29 is 21.6 Å². The maximum Gasteiger partial charge on any atom is 2.00 e. The summed E-state index contributed by atoms with van der Waals surface area (Å²) >= 11 is -1.91. The quantitative estimate of drug-likeness (QED) is 0.679. The van der Waals surface area contributed by atoms with Crippen molar-refractivity contribution in [2.75, 3.05) is 0 Å². The van der Waals surface area contributed by atoms with Gasteiger partial charge in [-0.25, -0.2) is 0 Å². The molecule has 0 heterocycles. The van der Waals surface area contributed by atoms with Crippen LogP contribution < -0.4 is 10.2 Å². The molecule has 0 aliphatic rings. The second-order valence-corrected chi connectivity index (χ2v) is 7.33. The minimum atomic E-state index is -1.91. The van der Waals surface area contributed by atoms with Gasteiger partial charge in [-0.05, 0) is 41.5 Å². The molecule has 0 fully saturated rings. The van der Waals surface area contributed by atoms with Crippen LogP contribution in [0, 0.1) is 0 Å². The van der Waals surface area contributed by atoms with Crippen molar-refractivity contribution in [1.82, 2.24) is 0 Å². The van der Waals surface area contributed by atoms with Crippen molar-refractivity contribution in [3.63, 3.8) is 0 Å². The zero-order valence-electron chi connectivity index (χ0n) is 16.2. The van der Waals surface area contributed by atoms with Crippen molar-refractivity contribution in [2.24, 2.45) is 0 Å². The number of hydrogen-bond acceptors (Lipinski definition) is 5. The van der Waals surface area contributed by atoms with Gasteiger partial charge in [0.1, 0.15) is 0 Å². The van der Waals surface area contributed by atoms with E-state index in [2.05, 4.69) is 0 Å². The van der Waals surface area contributed by atoms with Gasteiger partial charge >= 0.3 is 38.2 Å². The summed E-state index contributed by atoms with van der Waals surface area (Å²) in [4.78, 5) is 0. The Kier molecular flexibility index (Phi) is 28.3. The van der Waals surface area contributed by atoms with Crippen molar-refractivity contribution in [1.29, 1.82) is 0 Å². The maximum atomic E-state index is 9.53. The van der Waals surface area contributed by atoms with Crippen LogP contribution in [0.4, 0.5) is 0 Å². The smallest absolute Gasteiger partial charge is 0.852 e. The summed E-state index contributed by atoms with van der Waals surface area (Å²) in [5.74, 6) is 0. The van der Waals surface area contributed by atoms with Crippen LogP contribution in [0.1, 0.15) is 69.2 Å². The second kappa shape index (κ2) is 20.1. The molecule has 0 saturated heterocycles. The molecule has 0 N–H and O–H groups in total. The van der Waals surface area contributed by atoms with Crippen LogP contribution in [0.2, 0.25) is 0 Å². The molecule has 0 atom stereocenters. The molecular weight excluding hydrogens is 311 g/mol. The van der Waals surface area contributed by atoms with Gasteiger partial charge in [0.05, 0.1) is 0 Å². The van der Waals surface area contributed by atoms with Crippen LogP contribution in [0.25, 0.3) is 0 Å². The third kappa shape index (κ3) is 49.7. The maximum absolute atomic E-state index is 9.53. The fourth-order valence-electron chi connectivity index (χ4n) is 0.763. The molecule has 7 heteroatoms. The molecule has 0 aliphatic heterocycles. The molecule has 5 nitrogen and oxygen atoms in total. The van der Waals surface area contributed by atoms with Crippen molar-refractivity contribution in [3.05, 3.63) is 0 Å². The van der Waals surface area contributed by atoms with E-state index in [0.29, 0.717) is 0 Å². The molecule has 0 aromatic rings. The van der Waals surface area contributed by atoms with Crippen LogP contribution in [0.15, 0.2) is 0 Å². The average molecular weight is 347 g/mol. The molecule has 0 radical (unpaired) electrons. The Morgan fingerprint density at radius 1 is 0.545 bits per heavy atom. The molecule has 0 saturated carbocycles. The molecule has 0 aromatic carbocycles. The largest absolute Gasteiger partial charge is 2.00 e. The fraction of sp³-hybridized carbons (Fsp3) is 1.00. The van der Waals surface area contributed by atoms with Crippen molar-refractivity contribution >= 4 is 38.2 Å². The zero-order chi connectivity index (χ0) is 17.6. The van der Waals surface area contributed by atoms with E-state index >= 15 is 0 Å². The van der Waals surface area contributed by atoms with E-state index in [1.54, 1.807) is 27.7 Å². The Morgan fingerprint density at radius 3 is 0.773 bits per heavy atom. The monoisotopic (exact) mass is 346 g/mol. The number of hydrogen-bond donors (Lipinski definition) is 0. The third-order valence-electron chi connectivity index (χ3n) is 1.15. The van der Waals surface area contributed by atoms with E-state index in [-0.39, 0.29) is 41.4 Å². The van der Waals surface area contributed by atoms with Gasteiger partial charge in [-0.15, -0.1) is 12.2 Å². The van der Waals surface area contributed by atoms with Gasteiger partial charge in [0.2, 0.25) is 0 Å². The Balaban J connectivity index is -0.000000150. The predicted molar refractivity (Wildman–Crippen MR) is 90.4 cm³/mol. The Hall–Kier alpha value is 1.10. The molecule has 0 bridgehead atoms. The molecule has 0 unspecified atom stereocenters. The van der Waals surface area contributed by atoms with Crippen LogP contribution in [-0.2, 0) is 11.4 Å². The first-order valence-electron chi connectivity index (χ1n) is 7.66. The summed E-state index contributed by atoms with van der Waals surface area (Å²) in [7, 11) is 0.